The Morgan fingerprint density at radius 3 is 2.48 bits per heavy atom. The van der Waals surface area contributed by atoms with E-state index in [-0.39, 0.29) is 17.7 Å². The number of carbonyl (C=O) groups excluding carboxylic acids is 1. The van der Waals surface area contributed by atoms with E-state index in [9.17, 15) is 13.2 Å². The third-order valence-corrected chi connectivity index (χ3v) is 7.64. The molecule has 0 radical (unpaired) electrons. The minimum absolute atomic E-state index is 0.0347. The highest BCUT2D eigenvalue weighted by Crippen LogP contribution is 2.45. The number of nitrogens with zero attached hydrogens (tertiary/aromatic N) is 2. The summed E-state index contributed by atoms with van der Waals surface area (Å²) in [7, 11) is 0.256. The van der Waals surface area contributed by atoms with Crippen LogP contribution >= 0.6 is 0 Å². The lowest BCUT2D eigenvalue weighted by Crippen LogP contribution is -2.69. The number of carbonyl (C=O) groups is 1. The Morgan fingerprint density at radius 2 is 1.90 bits per heavy atom. The van der Waals surface area contributed by atoms with E-state index in [4.69, 9.17) is 4.74 Å². The molecule has 2 saturated heterocycles. The van der Waals surface area contributed by atoms with Crippen LogP contribution in [0.1, 0.15) is 19.3 Å². The molecule has 0 aromatic carbocycles. The summed E-state index contributed by atoms with van der Waals surface area (Å²) >= 11 is 0. The Morgan fingerprint density at radius 1 is 1.24 bits per heavy atom. The van der Waals surface area contributed by atoms with Crippen LogP contribution in [0.15, 0.2) is 0 Å². The standard InChI is InChI=1S/C14H24N2O4S/c1-15(2)13(17)16-9-14(10-16)12(5-6-21(14,18)19)8-20-7-11-3-4-11/h11-12H,3-10H2,1-2H3. The van der Waals surface area contributed by atoms with E-state index >= 15 is 0 Å². The molecule has 21 heavy (non-hydrogen) atoms. The molecular formula is C14H24N2O4S. The maximum atomic E-state index is 12.4. The van der Waals surface area contributed by atoms with Gasteiger partial charge in [0.15, 0.2) is 9.84 Å². The fraction of sp³-hybridized carbons (Fsp3) is 0.929. The van der Waals surface area contributed by atoms with Crippen molar-refractivity contribution in [1.29, 1.82) is 0 Å². The second-order valence-electron chi connectivity index (χ2n) is 6.88. The summed E-state index contributed by atoms with van der Waals surface area (Å²) < 4.78 is 29.8. The molecule has 2 heterocycles. The Hall–Kier alpha value is -0.820. The van der Waals surface area contributed by atoms with Crippen molar-refractivity contribution in [2.75, 3.05) is 46.2 Å². The molecule has 1 atom stereocenters. The Balaban J connectivity index is 1.63. The van der Waals surface area contributed by atoms with Crippen molar-refractivity contribution in [2.24, 2.45) is 11.8 Å². The van der Waals surface area contributed by atoms with Crippen LogP contribution in [-0.4, -0.2) is 75.1 Å². The van der Waals surface area contributed by atoms with Gasteiger partial charge in [-0.15, -0.1) is 0 Å². The minimum Gasteiger partial charge on any atom is -0.381 e. The van der Waals surface area contributed by atoms with Gasteiger partial charge in [0.2, 0.25) is 0 Å². The van der Waals surface area contributed by atoms with Gasteiger partial charge >= 0.3 is 6.03 Å². The fourth-order valence-electron chi connectivity index (χ4n) is 3.39. The molecule has 0 aromatic heterocycles. The number of amides is 2. The third kappa shape index (κ3) is 2.54. The third-order valence-electron chi connectivity index (χ3n) is 5.04. The van der Waals surface area contributed by atoms with Gasteiger partial charge in [-0.05, 0) is 25.2 Å². The van der Waals surface area contributed by atoms with Gasteiger partial charge in [-0.25, -0.2) is 13.2 Å². The monoisotopic (exact) mass is 316 g/mol. The van der Waals surface area contributed by atoms with Gasteiger partial charge in [0.05, 0.1) is 12.4 Å². The summed E-state index contributed by atoms with van der Waals surface area (Å²) in [5, 5.41) is 0. The van der Waals surface area contributed by atoms with Gasteiger partial charge in [0.1, 0.15) is 4.75 Å². The highest BCUT2D eigenvalue weighted by atomic mass is 32.2. The average molecular weight is 316 g/mol. The first kappa shape index (κ1) is 15.1. The van der Waals surface area contributed by atoms with Crippen molar-refractivity contribution >= 4 is 15.9 Å². The Bertz CT molecular complexity index is 521. The first-order chi connectivity index (χ1) is 9.86. The molecule has 0 N–H and O–H groups in total. The normalized spacial score (nSPS) is 29.4. The molecule has 0 aromatic rings. The highest BCUT2D eigenvalue weighted by Gasteiger charge is 2.62. The second-order valence-corrected chi connectivity index (χ2v) is 9.33. The van der Waals surface area contributed by atoms with Gasteiger partial charge in [-0.3, -0.25) is 0 Å². The van der Waals surface area contributed by atoms with E-state index in [0.29, 0.717) is 32.0 Å². The molecule has 3 fully saturated rings. The quantitative estimate of drug-likeness (QED) is 0.761. The van der Waals surface area contributed by atoms with Gasteiger partial charge in [0, 0.05) is 39.7 Å². The number of rotatable bonds is 4. The summed E-state index contributed by atoms with van der Waals surface area (Å²) in [5.74, 6) is 0.952. The molecule has 1 aliphatic carbocycles. The first-order valence-corrected chi connectivity index (χ1v) is 9.27. The summed E-state index contributed by atoms with van der Waals surface area (Å²) in [6, 6.07) is -0.111. The Kier molecular flexibility index (Phi) is 3.68. The van der Waals surface area contributed by atoms with Gasteiger partial charge in [-0.2, -0.15) is 0 Å². The second kappa shape index (κ2) is 5.12. The number of ether oxygens (including phenoxy) is 1. The van der Waals surface area contributed by atoms with Crippen LogP contribution in [0.5, 0.6) is 0 Å². The molecule has 2 amide bonds. The predicted octanol–water partition coefficient (Wildman–Crippen LogP) is 0.584. The molecule has 7 heteroatoms. The highest BCUT2D eigenvalue weighted by molar-refractivity contribution is 7.93. The van der Waals surface area contributed by atoms with Crippen molar-refractivity contribution < 1.29 is 17.9 Å². The van der Waals surface area contributed by atoms with Gasteiger partial charge in [-0.1, -0.05) is 0 Å². The van der Waals surface area contributed by atoms with Crippen LogP contribution in [0, 0.1) is 11.8 Å². The van der Waals surface area contributed by atoms with E-state index < -0.39 is 14.6 Å². The molecule has 2 aliphatic heterocycles. The first-order valence-electron chi connectivity index (χ1n) is 7.62. The average Bonchev–Trinajstić information content (AvgIpc) is 3.12. The van der Waals surface area contributed by atoms with Crippen molar-refractivity contribution in [3.63, 3.8) is 0 Å². The lowest BCUT2D eigenvalue weighted by molar-refractivity contribution is 0.0350. The summed E-state index contributed by atoms with van der Waals surface area (Å²) in [6.45, 7) is 1.92. The summed E-state index contributed by atoms with van der Waals surface area (Å²) in [6.07, 6.45) is 3.13. The topological polar surface area (TPSA) is 66.9 Å². The van der Waals surface area contributed by atoms with E-state index in [2.05, 4.69) is 0 Å². The zero-order valence-corrected chi connectivity index (χ0v) is 13.6. The van der Waals surface area contributed by atoms with Crippen LogP contribution in [0.25, 0.3) is 0 Å². The maximum Gasteiger partial charge on any atom is 0.319 e. The molecule has 1 spiro atoms. The molecule has 6 nitrogen and oxygen atoms in total. The molecule has 1 saturated carbocycles. The zero-order valence-electron chi connectivity index (χ0n) is 12.7. The smallest absolute Gasteiger partial charge is 0.319 e. The Labute approximate surface area is 126 Å². The molecule has 0 bridgehead atoms. The minimum atomic E-state index is -3.12. The molecule has 1 unspecified atom stereocenters. The summed E-state index contributed by atoms with van der Waals surface area (Å²) in [4.78, 5) is 15.0. The number of sulfone groups is 1. The van der Waals surface area contributed by atoms with Crippen molar-refractivity contribution in [2.45, 2.75) is 24.0 Å². The number of urea groups is 1. The lowest BCUT2D eigenvalue weighted by Gasteiger charge is -2.50. The van der Waals surface area contributed by atoms with Crippen LogP contribution in [0.2, 0.25) is 0 Å². The SMILES string of the molecule is CN(C)C(=O)N1CC2(C1)C(COCC1CC1)CCS2(=O)=O. The van der Waals surface area contributed by atoms with Crippen molar-refractivity contribution in [3.8, 4) is 0 Å². The molecule has 3 rings (SSSR count). The molecule has 120 valence electrons. The van der Waals surface area contributed by atoms with Crippen LogP contribution < -0.4 is 0 Å². The van der Waals surface area contributed by atoms with E-state index in [1.54, 1.807) is 19.0 Å². The molecule has 3 aliphatic rings. The largest absolute Gasteiger partial charge is 0.381 e. The van der Waals surface area contributed by atoms with Crippen LogP contribution in [-0.2, 0) is 14.6 Å². The lowest BCUT2D eigenvalue weighted by atomic mass is 9.84. The number of hydrogen-bond donors (Lipinski definition) is 0. The maximum absolute atomic E-state index is 12.4. The zero-order chi connectivity index (χ0) is 15.3. The number of hydrogen-bond acceptors (Lipinski definition) is 4. The van der Waals surface area contributed by atoms with E-state index in [1.165, 1.54) is 17.7 Å². The van der Waals surface area contributed by atoms with Crippen LogP contribution in [0.3, 0.4) is 0 Å². The summed E-state index contributed by atoms with van der Waals surface area (Å²) in [5.41, 5.74) is 0. The predicted molar refractivity (Wildman–Crippen MR) is 78.8 cm³/mol. The van der Waals surface area contributed by atoms with Crippen molar-refractivity contribution in [3.05, 3.63) is 0 Å². The number of likely N-dealkylation sites (tertiary alicyclic amines) is 1. The van der Waals surface area contributed by atoms with Crippen molar-refractivity contribution in [1.82, 2.24) is 9.80 Å². The van der Waals surface area contributed by atoms with E-state index in [0.717, 1.165) is 6.61 Å². The van der Waals surface area contributed by atoms with Gasteiger partial charge in [0.25, 0.3) is 0 Å². The van der Waals surface area contributed by atoms with E-state index in [1.807, 2.05) is 0 Å². The van der Waals surface area contributed by atoms with Gasteiger partial charge < -0.3 is 14.5 Å². The molecular weight excluding hydrogens is 292 g/mol. The van der Waals surface area contributed by atoms with Crippen LogP contribution in [0.4, 0.5) is 4.79 Å². The fourth-order valence-corrected chi connectivity index (χ4v) is 5.79.